The fraction of sp³-hybridized carbons (Fsp3) is 0.545. The molecule has 1 unspecified atom stereocenters. The second-order valence-electron chi connectivity index (χ2n) is 7.45. The number of nitrogens with zero attached hydrogens (tertiary/aromatic N) is 3. The summed E-state index contributed by atoms with van der Waals surface area (Å²) in [5.41, 5.74) is 5.95. The summed E-state index contributed by atoms with van der Waals surface area (Å²) in [4.78, 5) is 7.18. The molecule has 0 radical (unpaired) electrons. The Morgan fingerprint density at radius 2 is 2.07 bits per heavy atom. The molecule has 1 N–H and O–H groups in total. The second-order valence-corrected chi connectivity index (χ2v) is 7.45. The van der Waals surface area contributed by atoms with E-state index in [9.17, 15) is 0 Å². The molecule has 0 bridgehead atoms. The van der Waals surface area contributed by atoms with Gasteiger partial charge >= 0.3 is 0 Å². The van der Waals surface area contributed by atoms with Gasteiger partial charge in [-0.2, -0.15) is 0 Å². The van der Waals surface area contributed by atoms with Crippen molar-refractivity contribution in [3.05, 3.63) is 51.9 Å². The molecule has 1 fully saturated rings. The van der Waals surface area contributed by atoms with Gasteiger partial charge in [-0.15, -0.1) is 24.0 Å². The van der Waals surface area contributed by atoms with Gasteiger partial charge in [0.1, 0.15) is 11.9 Å². The maximum atomic E-state index is 6.09. The van der Waals surface area contributed by atoms with Crippen molar-refractivity contribution in [3.63, 3.8) is 0 Å². The summed E-state index contributed by atoms with van der Waals surface area (Å²) in [7, 11) is 0. The number of hydrogen-bond donors (Lipinski definition) is 1. The minimum atomic E-state index is 0. The van der Waals surface area contributed by atoms with Crippen LogP contribution in [0.25, 0.3) is 0 Å². The number of benzene rings is 1. The summed E-state index contributed by atoms with van der Waals surface area (Å²) in [5, 5.41) is 7.47. The number of ether oxygens (including phenoxy) is 1. The van der Waals surface area contributed by atoms with Crippen molar-refractivity contribution >= 4 is 29.9 Å². The van der Waals surface area contributed by atoms with Gasteiger partial charge in [0.15, 0.2) is 5.96 Å². The van der Waals surface area contributed by atoms with Gasteiger partial charge in [-0.3, -0.25) is 4.99 Å². The molecule has 1 aliphatic heterocycles. The van der Waals surface area contributed by atoms with Crippen molar-refractivity contribution < 1.29 is 9.26 Å². The molecule has 0 saturated carbocycles. The van der Waals surface area contributed by atoms with Crippen LogP contribution < -0.4 is 5.32 Å². The van der Waals surface area contributed by atoms with Crippen molar-refractivity contribution in [3.8, 4) is 0 Å². The summed E-state index contributed by atoms with van der Waals surface area (Å²) in [6.45, 7) is 14.2. The molecule has 2 aromatic rings. The van der Waals surface area contributed by atoms with E-state index in [0.29, 0.717) is 13.2 Å². The molecule has 29 heavy (non-hydrogen) atoms. The van der Waals surface area contributed by atoms with E-state index in [0.717, 1.165) is 49.0 Å². The third kappa shape index (κ3) is 5.94. The average molecular weight is 512 g/mol. The number of nitrogens with one attached hydrogen (secondary N) is 1. The molecule has 2 heterocycles. The predicted molar refractivity (Wildman–Crippen MR) is 127 cm³/mol. The topological polar surface area (TPSA) is 62.9 Å². The lowest BCUT2D eigenvalue weighted by molar-refractivity contribution is -0.00832. The number of guanidine groups is 1. The third-order valence-corrected chi connectivity index (χ3v) is 5.28. The second kappa shape index (κ2) is 11.0. The van der Waals surface area contributed by atoms with Gasteiger partial charge in [-0.1, -0.05) is 28.9 Å². The van der Waals surface area contributed by atoms with Gasteiger partial charge < -0.3 is 19.5 Å². The fourth-order valence-electron chi connectivity index (χ4n) is 3.77. The van der Waals surface area contributed by atoms with Crippen LogP contribution in [-0.2, 0) is 11.2 Å². The van der Waals surface area contributed by atoms with Crippen LogP contribution in [0.1, 0.15) is 46.7 Å². The Bertz CT molecular complexity index is 815. The number of aromatic nitrogens is 1. The summed E-state index contributed by atoms with van der Waals surface area (Å²) < 4.78 is 11.4. The molecular weight excluding hydrogens is 479 g/mol. The van der Waals surface area contributed by atoms with Crippen molar-refractivity contribution in [2.24, 2.45) is 4.99 Å². The maximum absolute atomic E-state index is 6.09. The Morgan fingerprint density at radius 1 is 1.28 bits per heavy atom. The van der Waals surface area contributed by atoms with Gasteiger partial charge in [-0.05, 0) is 52.2 Å². The molecule has 7 heteroatoms. The molecule has 1 atom stereocenters. The molecule has 3 rings (SSSR count). The quantitative estimate of drug-likeness (QED) is 0.371. The lowest BCUT2D eigenvalue weighted by atomic mass is 10.00. The zero-order valence-electron chi connectivity index (χ0n) is 18.1. The van der Waals surface area contributed by atoms with E-state index in [1.54, 1.807) is 0 Å². The van der Waals surface area contributed by atoms with Crippen LogP contribution in [0.3, 0.4) is 0 Å². The van der Waals surface area contributed by atoms with Crippen molar-refractivity contribution in [2.45, 2.75) is 47.1 Å². The Morgan fingerprint density at radius 3 is 2.72 bits per heavy atom. The van der Waals surface area contributed by atoms with Crippen LogP contribution >= 0.6 is 24.0 Å². The molecule has 1 aromatic heterocycles. The van der Waals surface area contributed by atoms with Gasteiger partial charge in [0.2, 0.25) is 0 Å². The molecule has 0 aliphatic carbocycles. The number of aryl methyl sites for hydroxylation is 4. The zero-order chi connectivity index (χ0) is 20.1. The minimum Gasteiger partial charge on any atom is -0.370 e. The Balaban J connectivity index is 0.00000300. The Kier molecular flexibility index (Phi) is 8.95. The highest BCUT2D eigenvalue weighted by Crippen LogP contribution is 2.26. The Hall–Kier alpha value is -1.61. The summed E-state index contributed by atoms with van der Waals surface area (Å²) in [6, 6.07) is 6.58. The molecular formula is C22H33IN4O2. The van der Waals surface area contributed by atoms with Crippen LogP contribution in [0, 0.1) is 27.7 Å². The van der Waals surface area contributed by atoms with Crippen LogP contribution in [0.5, 0.6) is 0 Å². The highest BCUT2D eigenvalue weighted by molar-refractivity contribution is 14.0. The average Bonchev–Trinajstić information content (AvgIpc) is 2.99. The van der Waals surface area contributed by atoms with Gasteiger partial charge in [0.25, 0.3) is 0 Å². The minimum absolute atomic E-state index is 0. The van der Waals surface area contributed by atoms with Crippen LogP contribution in [-0.4, -0.2) is 48.8 Å². The lowest BCUT2D eigenvalue weighted by Gasteiger charge is -2.36. The van der Waals surface area contributed by atoms with E-state index < -0.39 is 0 Å². The monoisotopic (exact) mass is 512 g/mol. The highest BCUT2D eigenvalue weighted by Gasteiger charge is 2.25. The largest absolute Gasteiger partial charge is 0.370 e. The van der Waals surface area contributed by atoms with Crippen molar-refractivity contribution in [1.82, 2.24) is 15.4 Å². The van der Waals surface area contributed by atoms with Crippen LogP contribution in [0.15, 0.2) is 27.7 Å². The molecule has 1 aromatic carbocycles. The first kappa shape index (κ1) is 23.7. The molecule has 1 aliphatic rings. The number of morpholine rings is 1. The first-order valence-corrected chi connectivity index (χ1v) is 10.1. The van der Waals surface area contributed by atoms with E-state index in [4.69, 9.17) is 14.3 Å². The highest BCUT2D eigenvalue weighted by atomic mass is 127. The van der Waals surface area contributed by atoms with E-state index in [1.165, 1.54) is 16.7 Å². The molecule has 1 saturated heterocycles. The number of hydrogen-bond acceptors (Lipinski definition) is 4. The lowest BCUT2D eigenvalue weighted by Crippen LogP contribution is -2.48. The predicted octanol–water partition coefficient (Wildman–Crippen LogP) is 4.11. The Labute approximate surface area is 191 Å². The van der Waals surface area contributed by atoms with Crippen molar-refractivity contribution in [2.75, 3.05) is 32.8 Å². The van der Waals surface area contributed by atoms with Gasteiger partial charge in [-0.25, -0.2) is 0 Å². The summed E-state index contributed by atoms with van der Waals surface area (Å²) >= 11 is 0. The third-order valence-electron chi connectivity index (χ3n) is 5.28. The van der Waals surface area contributed by atoms with Gasteiger partial charge in [0, 0.05) is 25.2 Å². The molecule has 0 spiro atoms. The zero-order valence-corrected chi connectivity index (χ0v) is 20.4. The first-order valence-electron chi connectivity index (χ1n) is 10.1. The SMILES string of the molecule is CCNC(=NCCc1c(C)noc1C)N1CCOC(c2ccc(C)cc2C)C1.I. The normalized spacial score (nSPS) is 17.2. The first-order chi connectivity index (χ1) is 13.5. The molecule has 0 amide bonds. The molecule has 160 valence electrons. The number of aliphatic imine (C=N–C) groups is 1. The number of halogens is 1. The fourth-order valence-corrected chi connectivity index (χ4v) is 3.77. The standard InChI is InChI=1S/C22H32N4O2.HI/c1-6-23-22(24-10-9-20-17(4)25-28-18(20)5)26-11-12-27-21(14-26)19-8-7-15(2)13-16(19)3;/h7-8,13,21H,6,9-12,14H2,1-5H3,(H,23,24);1H. The number of rotatable bonds is 5. The maximum Gasteiger partial charge on any atom is 0.194 e. The van der Waals surface area contributed by atoms with E-state index in [-0.39, 0.29) is 30.1 Å². The van der Waals surface area contributed by atoms with E-state index in [1.807, 2.05) is 13.8 Å². The summed E-state index contributed by atoms with van der Waals surface area (Å²) in [6.07, 6.45) is 0.904. The van der Waals surface area contributed by atoms with Gasteiger partial charge in [0.05, 0.1) is 18.8 Å². The smallest absolute Gasteiger partial charge is 0.194 e. The van der Waals surface area contributed by atoms with E-state index >= 15 is 0 Å². The molecule has 6 nitrogen and oxygen atoms in total. The van der Waals surface area contributed by atoms with E-state index in [2.05, 4.69) is 54.3 Å². The van der Waals surface area contributed by atoms with Crippen molar-refractivity contribution in [1.29, 1.82) is 0 Å². The van der Waals surface area contributed by atoms with Crippen LogP contribution in [0.4, 0.5) is 0 Å². The summed E-state index contributed by atoms with van der Waals surface area (Å²) in [5.74, 6) is 1.84. The van der Waals surface area contributed by atoms with Crippen LogP contribution in [0.2, 0.25) is 0 Å².